The van der Waals surface area contributed by atoms with E-state index in [-0.39, 0.29) is 0 Å². The Bertz CT molecular complexity index is 326. The van der Waals surface area contributed by atoms with Crippen LogP contribution in [0.1, 0.15) is 56.1 Å². The molecule has 2 rings (SSSR count). The Morgan fingerprint density at radius 2 is 1.75 bits per heavy atom. The fourth-order valence-electron chi connectivity index (χ4n) is 2.81. The molecule has 0 N–H and O–H groups in total. The molecular formula is C16H22. The van der Waals surface area contributed by atoms with Crippen LogP contribution >= 0.6 is 0 Å². The predicted octanol–water partition coefficient (Wildman–Crippen LogP) is 5.01. The number of benzene rings is 1. The maximum absolute atomic E-state index is 3.79. The molecule has 0 amide bonds. The summed E-state index contributed by atoms with van der Waals surface area (Å²) in [6.45, 7) is 6.12. The average molecular weight is 214 g/mol. The number of rotatable bonds is 3. The van der Waals surface area contributed by atoms with E-state index in [1.165, 1.54) is 43.2 Å². The van der Waals surface area contributed by atoms with Gasteiger partial charge in [-0.1, -0.05) is 50.3 Å². The van der Waals surface area contributed by atoms with Crippen LogP contribution < -0.4 is 0 Å². The van der Waals surface area contributed by atoms with Crippen molar-refractivity contribution in [3.63, 3.8) is 0 Å². The molecule has 0 heteroatoms. The quantitative estimate of drug-likeness (QED) is 0.663. The van der Waals surface area contributed by atoms with Crippen molar-refractivity contribution in [1.29, 1.82) is 0 Å². The molecule has 0 spiro atoms. The Hall–Kier alpha value is -1.04. The third kappa shape index (κ3) is 2.55. The van der Waals surface area contributed by atoms with Gasteiger partial charge in [0.05, 0.1) is 0 Å². The minimum absolute atomic E-state index is 0.807. The van der Waals surface area contributed by atoms with E-state index in [0.717, 1.165) is 11.8 Å². The fraction of sp³-hybridized carbons (Fsp3) is 0.500. The van der Waals surface area contributed by atoms with Crippen LogP contribution in [0.2, 0.25) is 0 Å². The van der Waals surface area contributed by atoms with Crippen LogP contribution in [0, 0.1) is 5.92 Å². The van der Waals surface area contributed by atoms with Gasteiger partial charge in [-0.15, -0.1) is 0 Å². The van der Waals surface area contributed by atoms with Gasteiger partial charge in [-0.25, -0.2) is 0 Å². The highest BCUT2D eigenvalue weighted by Gasteiger charge is 2.20. The highest BCUT2D eigenvalue weighted by atomic mass is 14.3. The zero-order chi connectivity index (χ0) is 11.4. The fourth-order valence-corrected chi connectivity index (χ4v) is 2.81. The van der Waals surface area contributed by atoms with Crippen molar-refractivity contribution >= 4 is 6.08 Å². The molecule has 1 aliphatic carbocycles. The third-order valence-electron chi connectivity index (χ3n) is 4.07. The van der Waals surface area contributed by atoms with Crippen LogP contribution in [0.25, 0.3) is 6.08 Å². The Labute approximate surface area is 99.4 Å². The smallest absolute Gasteiger partial charge is 0.0162 e. The summed E-state index contributed by atoms with van der Waals surface area (Å²) in [4.78, 5) is 0. The summed E-state index contributed by atoms with van der Waals surface area (Å²) < 4.78 is 0. The zero-order valence-corrected chi connectivity index (χ0v) is 10.3. The SMILES string of the molecule is C=Cc1ccc(C2CCC(CC)CC2)cc1. The highest BCUT2D eigenvalue weighted by molar-refractivity contribution is 5.47. The molecule has 1 fully saturated rings. The highest BCUT2D eigenvalue weighted by Crippen LogP contribution is 2.36. The van der Waals surface area contributed by atoms with Gasteiger partial charge < -0.3 is 0 Å². The van der Waals surface area contributed by atoms with Gasteiger partial charge in [-0.05, 0) is 48.6 Å². The van der Waals surface area contributed by atoms with E-state index < -0.39 is 0 Å². The monoisotopic (exact) mass is 214 g/mol. The van der Waals surface area contributed by atoms with Crippen LogP contribution in [0.4, 0.5) is 0 Å². The molecule has 0 aliphatic heterocycles. The van der Waals surface area contributed by atoms with Crippen molar-refractivity contribution in [2.24, 2.45) is 5.92 Å². The molecule has 0 saturated heterocycles. The number of hydrogen-bond acceptors (Lipinski definition) is 0. The van der Waals surface area contributed by atoms with Gasteiger partial charge in [0.25, 0.3) is 0 Å². The predicted molar refractivity (Wildman–Crippen MR) is 71.5 cm³/mol. The van der Waals surface area contributed by atoms with Crippen LogP contribution in [0.5, 0.6) is 0 Å². The molecule has 0 nitrogen and oxygen atoms in total. The van der Waals surface area contributed by atoms with Gasteiger partial charge >= 0.3 is 0 Å². The lowest BCUT2D eigenvalue weighted by Crippen LogP contribution is -2.12. The Morgan fingerprint density at radius 1 is 1.12 bits per heavy atom. The molecule has 1 saturated carbocycles. The Balaban J connectivity index is 1.99. The Morgan fingerprint density at radius 3 is 2.25 bits per heavy atom. The van der Waals surface area contributed by atoms with Crippen molar-refractivity contribution in [2.75, 3.05) is 0 Å². The molecule has 86 valence electrons. The molecule has 0 heterocycles. The normalized spacial score (nSPS) is 25.3. The minimum atomic E-state index is 0.807. The van der Waals surface area contributed by atoms with Crippen molar-refractivity contribution < 1.29 is 0 Å². The summed E-state index contributed by atoms with van der Waals surface area (Å²) in [6.07, 6.45) is 8.88. The van der Waals surface area contributed by atoms with E-state index in [9.17, 15) is 0 Å². The van der Waals surface area contributed by atoms with Gasteiger partial charge in [0.2, 0.25) is 0 Å². The van der Waals surface area contributed by atoms with Crippen LogP contribution in [0.3, 0.4) is 0 Å². The van der Waals surface area contributed by atoms with E-state index in [1.54, 1.807) is 0 Å². The molecule has 1 aromatic carbocycles. The summed E-state index contributed by atoms with van der Waals surface area (Å²) in [7, 11) is 0. The Kier molecular flexibility index (Phi) is 3.82. The van der Waals surface area contributed by atoms with Crippen LogP contribution in [-0.2, 0) is 0 Å². The molecule has 0 bridgehead atoms. The maximum atomic E-state index is 3.79. The van der Waals surface area contributed by atoms with E-state index in [2.05, 4.69) is 37.8 Å². The maximum Gasteiger partial charge on any atom is -0.0162 e. The minimum Gasteiger partial charge on any atom is -0.0985 e. The molecule has 0 unspecified atom stereocenters. The molecule has 0 aromatic heterocycles. The average Bonchev–Trinajstić information content (AvgIpc) is 2.39. The standard InChI is InChI=1S/C16H22/c1-3-13-5-9-15(10-6-13)16-11-7-14(4-2)8-12-16/h3,5-6,9-10,14,16H,1,4,7-8,11-12H2,2H3. The van der Waals surface area contributed by atoms with Crippen molar-refractivity contribution in [1.82, 2.24) is 0 Å². The van der Waals surface area contributed by atoms with Gasteiger partial charge in [0, 0.05) is 0 Å². The van der Waals surface area contributed by atoms with Gasteiger partial charge in [-0.3, -0.25) is 0 Å². The van der Waals surface area contributed by atoms with E-state index in [4.69, 9.17) is 0 Å². The number of hydrogen-bond donors (Lipinski definition) is 0. The first kappa shape index (κ1) is 11.4. The molecular weight excluding hydrogens is 192 g/mol. The summed E-state index contributed by atoms with van der Waals surface area (Å²) >= 11 is 0. The van der Waals surface area contributed by atoms with Gasteiger partial charge in [-0.2, -0.15) is 0 Å². The first-order valence-electron chi connectivity index (χ1n) is 6.56. The first-order valence-corrected chi connectivity index (χ1v) is 6.56. The largest absolute Gasteiger partial charge is 0.0985 e. The van der Waals surface area contributed by atoms with Crippen LogP contribution in [0.15, 0.2) is 30.8 Å². The molecule has 0 atom stereocenters. The third-order valence-corrected chi connectivity index (χ3v) is 4.07. The second-order valence-corrected chi connectivity index (χ2v) is 5.00. The van der Waals surface area contributed by atoms with Crippen molar-refractivity contribution in [2.45, 2.75) is 44.9 Å². The summed E-state index contributed by atoms with van der Waals surface area (Å²) in [5.41, 5.74) is 2.76. The van der Waals surface area contributed by atoms with Crippen molar-refractivity contribution in [3.05, 3.63) is 42.0 Å². The van der Waals surface area contributed by atoms with Crippen molar-refractivity contribution in [3.8, 4) is 0 Å². The molecule has 1 aromatic rings. The second-order valence-electron chi connectivity index (χ2n) is 5.00. The van der Waals surface area contributed by atoms with Crippen LogP contribution in [-0.4, -0.2) is 0 Å². The van der Waals surface area contributed by atoms with Gasteiger partial charge in [0.15, 0.2) is 0 Å². The van der Waals surface area contributed by atoms with E-state index in [1.807, 2.05) is 6.08 Å². The summed E-state index contributed by atoms with van der Waals surface area (Å²) in [6, 6.07) is 8.95. The van der Waals surface area contributed by atoms with E-state index >= 15 is 0 Å². The molecule has 16 heavy (non-hydrogen) atoms. The first-order chi connectivity index (χ1) is 7.83. The second kappa shape index (κ2) is 5.34. The summed E-state index contributed by atoms with van der Waals surface area (Å²) in [5.74, 6) is 1.80. The lowest BCUT2D eigenvalue weighted by molar-refractivity contribution is 0.319. The lowest BCUT2D eigenvalue weighted by atomic mass is 9.78. The summed E-state index contributed by atoms with van der Waals surface area (Å²) in [5, 5.41) is 0. The zero-order valence-electron chi connectivity index (χ0n) is 10.3. The lowest BCUT2D eigenvalue weighted by Gasteiger charge is -2.28. The molecule has 0 radical (unpaired) electrons. The topological polar surface area (TPSA) is 0 Å². The van der Waals surface area contributed by atoms with E-state index in [0.29, 0.717) is 0 Å². The molecule has 1 aliphatic rings. The van der Waals surface area contributed by atoms with Gasteiger partial charge in [0.1, 0.15) is 0 Å².